The molecule has 1 amide bonds. The molecule has 0 spiro atoms. The predicted molar refractivity (Wildman–Crippen MR) is 108 cm³/mol. The summed E-state index contributed by atoms with van der Waals surface area (Å²) in [7, 11) is 0. The lowest BCUT2D eigenvalue weighted by Crippen LogP contribution is -2.47. The number of halogens is 1. The molecule has 0 radical (unpaired) electrons. The Kier molecular flexibility index (Phi) is 6.03. The van der Waals surface area contributed by atoms with Crippen LogP contribution in [-0.2, 0) is 11.3 Å². The van der Waals surface area contributed by atoms with Gasteiger partial charge in [-0.2, -0.15) is 0 Å². The number of rotatable bonds is 6. The van der Waals surface area contributed by atoms with Crippen LogP contribution in [0.3, 0.4) is 0 Å². The number of carbonyl (C=O) groups is 1. The van der Waals surface area contributed by atoms with E-state index in [4.69, 9.17) is 9.15 Å². The highest BCUT2D eigenvalue weighted by molar-refractivity contribution is 5.92. The highest BCUT2D eigenvalue weighted by Gasteiger charge is 2.22. The molecule has 1 atom stereocenters. The van der Waals surface area contributed by atoms with Crippen LogP contribution in [0, 0.1) is 5.82 Å². The number of hydrogen-bond donors (Lipinski definition) is 1. The molecule has 6 heteroatoms. The Balaban J connectivity index is 1.29. The summed E-state index contributed by atoms with van der Waals surface area (Å²) in [5.41, 5.74) is 1.98. The van der Waals surface area contributed by atoms with Gasteiger partial charge in [0.25, 0.3) is 5.91 Å². The molecule has 2 heterocycles. The molecule has 3 aromatic rings. The third-order valence-corrected chi connectivity index (χ3v) is 4.92. The molecule has 0 bridgehead atoms. The summed E-state index contributed by atoms with van der Waals surface area (Å²) in [6.07, 6.45) is -0.0667. The second-order valence-corrected chi connectivity index (χ2v) is 7.09. The monoisotopic (exact) mass is 394 g/mol. The first-order chi connectivity index (χ1) is 14.2. The van der Waals surface area contributed by atoms with E-state index < -0.39 is 0 Å². The van der Waals surface area contributed by atoms with E-state index >= 15 is 0 Å². The largest absolute Gasteiger partial charge is 0.451 e. The molecule has 1 aromatic heterocycles. The van der Waals surface area contributed by atoms with Crippen LogP contribution in [0.1, 0.15) is 16.1 Å². The molecule has 4 rings (SSSR count). The van der Waals surface area contributed by atoms with Crippen molar-refractivity contribution in [1.82, 2.24) is 10.2 Å². The van der Waals surface area contributed by atoms with Crippen LogP contribution >= 0.6 is 0 Å². The summed E-state index contributed by atoms with van der Waals surface area (Å²) in [6, 6.07) is 19.6. The molecule has 150 valence electrons. The Morgan fingerprint density at radius 3 is 2.66 bits per heavy atom. The van der Waals surface area contributed by atoms with Crippen molar-refractivity contribution >= 4 is 5.91 Å². The zero-order valence-electron chi connectivity index (χ0n) is 16.0. The normalized spacial score (nSPS) is 17.2. The van der Waals surface area contributed by atoms with Gasteiger partial charge in [0, 0.05) is 31.7 Å². The second kappa shape index (κ2) is 9.03. The number of hydrogen-bond acceptors (Lipinski definition) is 4. The Morgan fingerprint density at radius 1 is 1.07 bits per heavy atom. The van der Waals surface area contributed by atoms with Gasteiger partial charge in [-0.1, -0.05) is 30.3 Å². The summed E-state index contributed by atoms with van der Waals surface area (Å²) in [4.78, 5) is 14.8. The van der Waals surface area contributed by atoms with E-state index in [9.17, 15) is 9.18 Å². The molecular formula is C23H23FN2O3. The van der Waals surface area contributed by atoms with E-state index in [1.807, 2.05) is 18.2 Å². The van der Waals surface area contributed by atoms with Gasteiger partial charge >= 0.3 is 0 Å². The van der Waals surface area contributed by atoms with E-state index in [-0.39, 0.29) is 23.6 Å². The average Bonchev–Trinajstić information content (AvgIpc) is 3.24. The number of benzene rings is 2. The van der Waals surface area contributed by atoms with Gasteiger partial charge in [-0.05, 0) is 42.0 Å². The van der Waals surface area contributed by atoms with Crippen LogP contribution < -0.4 is 5.32 Å². The van der Waals surface area contributed by atoms with Crippen LogP contribution in [0.2, 0.25) is 0 Å². The van der Waals surface area contributed by atoms with Crippen molar-refractivity contribution in [3.8, 4) is 11.3 Å². The Hall–Kier alpha value is -2.96. The van der Waals surface area contributed by atoms with Gasteiger partial charge in [0.05, 0.1) is 12.7 Å². The summed E-state index contributed by atoms with van der Waals surface area (Å²) < 4.78 is 24.5. The van der Waals surface area contributed by atoms with Gasteiger partial charge in [0.15, 0.2) is 5.76 Å². The topological polar surface area (TPSA) is 54.7 Å². The molecule has 1 aliphatic rings. The third kappa shape index (κ3) is 5.10. The fourth-order valence-corrected chi connectivity index (χ4v) is 3.41. The predicted octanol–water partition coefficient (Wildman–Crippen LogP) is 3.72. The molecule has 1 unspecified atom stereocenters. The van der Waals surface area contributed by atoms with E-state index in [1.54, 1.807) is 24.3 Å². The highest BCUT2D eigenvalue weighted by Crippen LogP contribution is 2.22. The van der Waals surface area contributed by atoms with Gasteiger partial charge < -0.3 is 14.5 Å². The van der Waals surface area contributed by atoms with Crippen LogP contribution in [0.15, 0.2) is 71.1 Å². The van der Waals surface area contributed by atoms with Gasteiger partial charge in [0.1, 0.15) is 11.6 Å². The summed E-state index contributed by atoms with van der Waals surface area (Å²) in [5, 5.41) is 2.88. The molecule has 0 aliphatic carbocycles. The van der Waals surface area contributed by atoms with E-state index in [1.165, 1.54) is 17.7 Å². The smallest absolute Gasteiger partial charge is 0.287 e. The van der Waals surface area contributed by atoms with Gasteiger partial charge in [-0.3, -0.25) is 9.69 Å². The van der Waals surface area contributed by atoms with Gasteiger partial charge in [-0.25, -0.2) is 4.39 Å². The Bertz CT molecular complexity index is 940. The molecule has 1 aliphatic heterocycles. The first-order valence-corrected chi connectivity index (χ1v) is 9.69. The number of furan rings is 1. The zero-order valence-corrected chi connectivity index (χ0v) is 16.0. The molecule has 1 saturated heterocycles. The van der Waals surface area contributed by atoms with Crippen LogP contribution in [0.4, 0.5) is 4.39 Å². The fraction of sp³-hybridized carbons (Fsp3) is 0.261. The molecule has 5 nitrogen and oxygen atoms in total. The number of nitrogens with one attached hydrogen (secondary N) is 1. The minimum Gasteiger partial charge on any atom is -0.451 e. The summed E-state index contributed by atoms with van der Waals surface area (Å²) in [5.74, 6) is 0.147. The second-order valence-electron chi connectivity index (χ2n) is 7.09. The number of carbonyl (C=O) groups excluding carboxylic acids is 1. The summed E-state index contributed by atoms with van der Waals surface area (Å²) >= 11 is 0. The van der Waals surface area contributed by atoms with E-state index in [0.717, 1.165) is 25.2 Å². The number of amides is 1. The Labute approximate surface area is 169 Å². The summed E-state index contributed by atoms with van der Waals surface area (Å²) in [6.45, 7) is 3.56. The maximum absolute atomic E-state index is 13.1. The van der Waals surface area contributed by atoms with Gasteiger partial charge in [0.2, 0.25) is 0 Å². The minimum absolute atomic E-state index is 0.0667. The zero-order chi connectivity index (χ0) is 20.1. The lowest BCUT2D eigenvalue weighted by molar-refractivity contribution is -0.0293. The van der Waals surface area contributed by atoms with E-state index in [2.05, 4.69) is 22.3 Å². The first kappa shape index (κ1) is 19.4. The first-order valence-electron chi connectivity index (χ1n) is 9.69. The van der Waals surface area contributed by atoms with Crippen LogP contribution in [-0.4, -0.2) is 43.2 Å². The fourth-order valence-electron chi connectivity index (χ4n) is 3.41. The quantitative estimate of drug-likeness (QED) is 0.692. The maximum Gasteiger partial charge on any atom is 0.287 e. The van der Waals surface area contributed by atoms with Crippen molar-refractivity contribution < 1.29 is 18.3 Å². The Morgan fingerprint density at radius 2 is 1.86 bits per heavy atom. The average molecular weight is 394 g/mol. The van der Waals surface area contributed by atoms with Crippen LogP contribution in [0.5, 0.6) is 0 Å². The molecular weight excluding hydrogens is 371 g/mol. The molecule has 0 saturated carbocycles. The van der Waals surface area contributed by atoms with Crippen molar-refractivity contribution in [3.05, 3.63) is 83.9 Å². The van der Waals surface area contributed by atoms with Gasteiger partial charge in [-0.15, -0.1) is 0 Å². The van der Waals surface area contributed by atoms with E-state index in [0.29, 0.717) is 18.9 Å². The van der Waals surface area contributed by atoms with Crippen LogP contribution in [0.25, 0.3) is 11.3 Å². The van der Waals surface area contributed by atoms with Crippen molar-refractivity contribution in [3.63, 3.8) is 0 Å². The molecule has 29 heavy (non-hydrogen) atoms. The number of ether oxygens (including phenoxy) is 1. The van der Waals surface area contributed by atoms with Crippen molar-refractivity contribution in [2.24, 2.45) is 0 Å². The molecule has 2 aromatic carbocycles. The third-order valence-electron chi connectivity index (χ3n) is 4.92. The molecule has 1 fully saturated rings. The maximum atomic E-state index is 13.1. The number of nitrogens with zero attached hydrogens (tertiary/aromatic N) is 1. The number of morpholine rings is 1. The SMILES string of the molecule is O=C(NCC1CN(Cc2ccccc2)CCO1)c1ccc(-c2ccc(F)cc2)o1. The van der Waals surface area contributed by atoms with Crippen molar-refractivity contribution in [1.29, 1.82) is 0 Å². The molecule has 1 N–H and O–H groups in total. The van der Waals surface area contributed by atoms with Crippen molar-refractivity contribution in [2.75, 3.05) is 26.2 Å². The lowest BCUT2D eigenvalue weighted by atomic mass is 10.2. The lowest BCUT2D eigenvalue weighted by Gasteiger charge is -2.33. The van der Waals surface area contributed by atoms with Crippen molar-refractivity contribution in [2.45, 2.75) is 12.6 Å². The minimum atomic E-state index is -0.313. The highest BCUT2D eigenvalue weighted by atomic mass is 19.1. The standard InChI is InChI=1S/C23H23FN2O3/c24-19-8-6-18(7-9-19)21-10-11-22(29-21)23(27)25-14-20-16-26(12-13-28-20)15-17-4-2-1-3-5-17/h1-11,20H,12-16H2,(H,25,27).